The normalized spacial score (nSPS) is 13.1. The Bertz CT molecular complexity index is 745. The number of hydrogen-bond donors (Lipinski definition) is 1. The largest absolute Gasteiger partial charge is 0.386 e. The predicted molar refractivity (Wildman–Crippen MR) is 73.8 cm³/mol. The Kier molecular flexibility index (Phi) is 3.60. The van der Waals surface area contributed by atoms with Crippen molar-refractivity contribution in [2.45, 2.75) is 25.9 Å². The van der Waals surface area contributed by atoms with Gasteiger partial charge in [-0.1, -0.05) is 0 Å². The maximum Gasteiger partial charge on any atom is 0.173 e. The maximum absolute atomic E-state index is 14.3. The van der Waals surface area contributed by atoms with Gasteiger partial charge in [0.15, 0.2) is 11.5 Å². The molecule has 0 bridgehead atoms. The molecular weight excluding hydrogens is 283 g/mol. The van der Waals surface area contributed by atoms with Gasteiger partial charge in [-0.3, -0.25) is 0 Å². The molecule has 0 unspecified atom stereocenters. The minimum Gasteiger partial charge on any atom is -0.386 e. The van der Waals surface area contributed by atoms with E-state index < -0.39 is 21.3 Å². The van der Waals surface area contributed by atoms with Crippen LogP contribution in [-0.2, 0) is 21.9 Å². The molecule has 0 amide bonds. The summed E-state index contributed by atoms with van der Waals surface area (Å²) in [5, 5.41) is 9.89. The van der Waals surface area contributed by atoms with Gasteiger partial charge in [0.1, 0.15) is 9.84 Å². The first-order valence-electron chi connectivity index (χ1n) is 6.14. The van der Waals surface area contributed by atoms with Crippen LogP contribution in [0.3, 0.4) is 0 Å². The average molecular weight is 300 g/mol. The van der Waals surface area contributed by atoms with Crippen LogP contribution in [0.4, 0.5) is 4.39 Å². The van der Waals surface area contributed by atoms with Gasteiger partial charge in [-0.2, -0.15) is 0 Å². The summed E-state index contributed by atoms with van der Waals surface area (Å²) in [6.45, 7) is 2.99. The number of sulfone groups is 1. The van der Waals surface area contributed by atoms with Gasteiger partial charge >= 0.3 is 0 Å². The van der Waals surface area contributed by atoms with Gasteiger partial charge in [0.05, 0.1) is 17.0 Å². The monoisotopic (exact) mass is 300 g/mol. The molecule has 2 rings (SSSR count). The van der Waals surface area contributed by atoms with Gasteiger partial charge in [0, 0.05) is 30.6 Å². The van der Waals surface area contributed by atoms with Gasteiger partial charge in [-0.05, 0) is 19.9 Å². The molecule has 0 saturated heterocycles. The van der Waals surface area contributed by atoms with Gasteiger partial charge in [-0.15, -0.1) is 0 Å². The number of halogens is 1. The number of aromatic nitrogens is 2. The van der Waals surface area contributed by atoms with E-state index in [1.165, 1.54) is 24.3 Å². The van der Waals surface area contributed by atoms with Crippen LogP contribution in [0.2, 0.25) is 0 Å². The molecule has 110 valence electrons. The van der Waals surface area contributed by atoms with Crippen LogP contribution in [0.15, 0.2) is 18.5 Å². The molecule has 5 nitrogen and oxygen atoms in total. The number of nitrogens with zero attached hydrogens (tertiary/aromatic N) is 2. The molecule has 20 heavy (non-hydrogen) atoms. The summed E-state index contributed by atoms with van der Waals surface area (Å²) in [4.78, 5) is 4.10. The number of hydrogen-bond acceptors (Lipinski definition) is 4. The Morgan fingerprint density at radius 2 is 2.10 bits per heavy atom. The molecule has 0 aliphatic rings. The zero-order chi connectivity index (χ0) is 15.1. The van der Waals surface area contributed by atoms with Crippen LogP contribution in [0.1, 0.15) is 25.1 Å². The van der Waals surface area contributed by atoms with Crippen molar-refractivity contribution in [2.75, 3.05) is 12.0 Å². The Labute approximate surface area is 117 Å². The lowest BCUT2D eigenvalue weighted by atomic mass is 9.99. The van der Waals surface area contributed by atoms with Crippen LogP contribution in [0.25, 0.3) is 5.65 Å². The van der Waals surface area contributed by atoms with E-state index >= 15 is 0 Å². The summed E-state index contributed by atoms with van der Waals surface area (Å²) in [5.74, 6) is -0.623. The van der Waals surface area contributed by atoms with E-state index in [4.69, 9.17) is 0 Å². The van der Waals surface area contributed by atoms with Crippen LogP contribution in [0, 0.1) is 5.82 Å². The zero-order valence-electron chi connectivity index (χ0n) is 11.6. The van der Waals surface area contributed by atoms with Crippen LogP contribution in [0.5, 0.6) is 0 Å². The van der Waals surface area contributed by atoms with Crippen molar-refractivity contribution in [3.05, 3.63) is 35.5 Å². The van der Waals surface area contributed by atoms with E-state index in [1.54, 1.807) is 12.4 Å². The standard InChI is InChI=1S/C13H17FN2O3S/c1-13(2,17)10-4-6-16-8-9(5-7-20(3,18)19)15-12(16)11(10)14/h4,6,8,17H,5,7H2,1-3H3. The third-order valence-corrected chi connectivity index (χ3v) is 3.95. The SMILES string of the molecule is CC(C)(O)c1ccn2cc(CCS(C)(=O)=O)nc2c1F. The molecule has 0 aromatic carbocycles. The molecule has 0 fully saturated rings. The minimum atomic E-state index is -3.08. The average Bonchev–Trinajstić information content (AvgIpc) is 2.68. The van der Waals surface area contributed by atoms with E-state index in [-0.39, 0.29) is 23.4 Å². The fraction of sp³-hybridized carbons (Fsp3) is 0.462. The molecule has 0 radical (unpaired) electrons. The van der Waals surface area contributed by atoms with Crippen molar-refractivity contribution in [1.82, 2.24) is 9.38 Å². The molecule has 1 N–H and O–H groups in total. The minimum absolute atomic E-state index is 0.0309. The van der Waals surface area contributed by atoms with Gasteiger partial charge in [-0.25, -0.2) is 17.8 Å². The number of pyridine rings is 1. The van der Waals surface area contributed by atoms with Gasteiger partial charge in [0.2, 0.25) is 0 Å². The summed E-state index contributed by atoms with van der Waals surface area (Å²) < 4.78 is 38.0. The second kappa shape index (κ2) is 4.82. The first-order valence-corrected chi connectivity index (χ1v) is 8.20. The molecule has 2 aromatic heterocycles. The van der Waals surface area contributed by atoms with Gasteiger partial charge in [0.25, 0.3) is 0 Å². The summed E-state index contributed by atoms with van der Waals surface area (Å²) in [5.41, 5.74) is -0.550. The fourth-order valence-corrected chi connectivity index (χ4v) is 2.53. The highest BCUT2D eigenvalue weighted by Gasteiger charge is 2.23. The first kappa shape index (κ1) is 14.9. The van der Waals surface area contributed by atoms with Crippen molar-refractivity contribution >= 4 is 15.5 Å². The number of imidazole rings is 1. The second-order valence-corrected chi connectivity index (χ2v) is 7.71. The molecule has 0 spiro atoms. The van der Waals surface area contributed by atoms with Gasteiger partial charge < -0.3 is 9.51 Å². The highest BCUT2D eigenvalue weighted by Crippen LogP contribution is 2.25. The second-order valence-electron chi connectivity index (χ2n) is 5.45. The molecule has 7 heteroatoms. The van der Waals surface area contributed by atoms with Crippen molar-refractivity contribution in [3.8, 4) is 0 Å². The Morgan fingerprint density at radius 1 is 1.45 bits per heavy atom. The van der Waals surface area contributed by atoms with Crippen molar-refractivity contribution in [2.24, 2.45) is 0 Å². The lowest BCUT2D eigenvalue weighted by Crippen LogP contribution is -2.18. The molecule has 2 aromatic rings. The molecule has 0 atom stereocenters. The van der Waals surface area contributed by atoms with Crippen molar-refractivity contribution in [3.63, 3.8) is 0 Å². The third-order valence-electron chi connectivity index (χ3n) is 3.00. The Balaban J connectivity index is 2.42. The molecule has 0 saturated carbocycles. The number of aliphatic hydroxyl groups is 1. The molecule has 0 aliphatic heterocycles. The fourth-order valence-electron chi connectivity index (χ4n) is 1.95. The van der Waals surface area contributed by atoms with E-state index in [1.807, 2.05) is 0 Å². The van der Waals surface area contributed by atoms with E-state index in [0.717, 1.165) is 6.26 Å². The topological polar surface area (TPSA) is 71.7 Å². The summed E-state index contributed by atoms with van der Waals surface area (Å²) in [7, 11) is -3.08. The zero-order valence-corrected chi connectivity index (χ0v) is 12.4. The lowest BCUT2D eigenvalue weighted by Gasteiger charge is -2.18. The smallest absolute Gasteiger partial charge is 0.173 e. The van der Waals surface area contributed by atoms with Crippen molar-refractivity contribution in [1.29, 1.82) is 0 Å². The predicted octanol–water partition coefficient (Wildman–Crippen LogP) is 1.29. The van der Waals surface area contributed by atoms with Crippen molar-refractivity contribution < 1.29 is 17.9 Å². The number of aryl methyl sites for hydroxylation is 1. The molecule has 0 aliphatic carbocycles. The Hall–Kier alpha value is -1.47. The molecule has 2 heterocycles. The van der Waals surface area contributed by atoms with Crippen LogP contribution < -0.4 is 0 Å². The quantitative estimate of drug-likeness (QED) is 0.923. The highest BCUT2D eigenvalue weighted by atomic mass is 32.2. The first-order chi connectivity index (χ1) is 9.08. The lowest BCUT2D eigenvalue weighted by molar-refractivity contribution is 0.0746. The third kappa shape index (κ3) is 3.16. The van der Waals surface area contributed by atoms with Crippen LogP contribution in [-0.4, -0.2) is 34.9 Å². The summed E-state index contributed by atoms with van der Waals surface area (Å²) in [6, 6.07) is 1.49. The van der Waals surface area contributed by atoms with E-state index in [2.05, 4.69) is 4.98 Å². The number of fused-ring (bicyclic) bond motifs is 1. The maximum atomic E-state index is 14.3. The van der Waals surface area contributed by atoms with Crippen LogP contribution >= 0.6 is 0 Å². The highest BCUT2D eigenvalue weighted by molar-refractivity contribution is 7.90. The van der Waals surface area contributed by atoms with E-state index in [9.17, 15) is 17.9 Å². The Morgan fingerprint density at radius 3 is 2.65 bits per heavy atom. The summed E-state index contributed by atoms with van der Waals surface area (Å²) >= 11 is 0. The van der Waals surface area contributed by atoms with E-state index in [0.29, 0.717) is 5.69 Å². The molecular formula is C13H17FN2O3S. The number of rotatable bonds is 4. The summed E-state index contributed by atoms with van der Waals surface area (Å²) in [6.07, 6.45) is 4.58.